The highest BCUT2D eigenvalue weighted by molar-refractivity contribution is 9.11. The van der Waals surface area contributed by atoms with E-state index >= 15 is 0 Å². The number of nitrogens with zero attached hydrogens (tertiary/aromatic N) is 2. The molecule has 0 radical (unpaired) electrons. The van der Waals surface area contributed by atoms with Crippen molar-refractivity contribution in [2.75, 3.05) is 0 Å². The van der Waals surface area contributed by atoms with Crippen LogP contribution in [0.5, 0.6) is 0 Å². The molecule has 7 heteroatoms. The number of hydrogen-bond donors (Lipinski definition) is 2. The molecule has 2 N–H and O–H groups in total. The lowest BCUT2D eigenvalue weighted by atomic mass is 9.81. The van der Waals surface area contributed by atoms with Crippen LogP contribution in [-0.2, 0) is 0 Å². The van der Waals surface area contributed by atoms with Crippen molar-refractivity contribution in [1.29, 1.82) is 0 Å². The average Bonchev–Trinajstić information content (AvgIpc) is 2.93. The van der Waals surface area contributed by atoms with Gasteiger partial charge < -0.3 is 10.0 Å². The summed E-state index contributed by atoms with van der Waals surface area (Å²) in [6, 6.07) is 37.4. The summed E-state index contributed by atoms with van der Waals surface area (Å²) in [5.74, 6) is 0. The van der Waals surface area contributed by atoms with Gasteiger partial charge in [-0.25, -0.2) is 4.98 Å². The highest BCUT2D eigenvalue weighted by atomic mass is 79.9. The van der Waals surface area contributed by atoms with E-state index in [0.29, 0.717) is 5.46 Å². The Balaban J connectivity index is 0.000000176. The van der Waals surface area contributed by atoms with Crippen LogP contribution in [0.2, 0.25) is 0 Å². The molecule has 0 atom stereocenters. The third-order valence-electron chi connectivity index (χ3n) is 5.33. The third-order valence-corrected chi connectivity index (χ3v) is 6.61. The Kier molecular flexibility index (Phi) is 11.2. The molecule has 37 heavy (non-hydrogen) atoms. The van der Waals surface area contributed by atoms with Crippen molar-refractivity contribution >= 4 is 44.4 Å². The van der Waals surface area contributed by atoms with Crippen LogP contribution in [0.25, 0.3) is 22.4 Å². The van der Waals surface area contributed by atoms with Gasteiger partial charge in [0.1, 0.15) is 4.60 Å². The molecule has 0 fully saturated rings. The van der Waals surface area contributed by atoms with Gasteiger partial charge in [0, 0.05) is 21.3 Å². The largest absolute Gasteiger partial charge is 0.488 e. The van der Waals surface area contributed by atoms with Gasteiger partial charge in [-0.1, -0.05) is 97.1 Å². The fraction of sp³-hybridized carbons (Fsp3) is 0.0667. The average molecular weight is 618 g/mol. The second-order valence-corrected chi connectivity index (χ2v) is 9.71. The van der Waals surface area contributed by atoms with Gasteiger partial charge in [0.25, 0.3) is 0 Å². The quantitative estimate of drug-likeness (QED) is 0.169. The van der Waals surface area contributed by atoms with E-state index in [1.54, 1.807) is 24.3 Å². The monoisotopic (exact) mass is 616 g/mol. The molecule has 4 nitrogen and oxygen atoms in total. The Morgan fingerprint density at radius 3 is 1.57 bits per heavy atom. The van der Waals surface area contributed by atoms with Gasteiger partial charge in [-0.05, 0) is 74.9 Å². The van der Waals surface area contributed by atoms with E-state index in [2.05, 4.69) is 92.3 Å². The van der Waals surface area contributed by atoms with E-state index in [9.17, 15) is 0 Å². The van der Waals surface area contributed by atoms with Crippen molar-refractivity contribution in [3.63, 3.8) is 0 Å². The van der Waals surface area contributed by atoms with Crippen LogP contribution in [0.3, 0.4) is 0 Å². The molecule has 0 saturated heterocycles. The fourth-order valence-corrected chi connectivity index (χ4v) is 4.01. The highest BCUT2D eigenvalue weighted by Gasteiger charge is 2.07. The summed E-state index contributed by atoms with van der Waals surface area (Å²) >= 11 is 6.61. The van der Waals surface area contributed by atoms with Crippen molar-refractivity contribution in [2.45, 2.75) is 13.8 Å². The zero-order valence-corrected chi connectivity index (χ0v) is 23.8. The fourth-order valence-electron chi connectivity index (χ4n) is 3.39. The molecule has 0 amide bonds. The lowest BCUT2D eigenvalue weighted by Gasteiger charge is -2.08. The minimum absolute atomic E-state index is 0.525. The molecule has 0 unspecified atom stereocenters. The Morgan fingerprint density at radius 1 is 0.568 bits per heavy atom. The molecule has 0 spiro atoms. The predicted octanol–water partition coefficient (Wildman–Crippen LogP) is 7.01. The lowest BCUT2D eigenvalue weighted by molar-refractivity contribution is 0.426. The first-order chi connectivity index (χ1) is 17.8. The topological polar surface area (TPSA) is 66.2 Å². The van der Waals surface area contributed by atoms with E-state index in [1.807, 2.05) is 49.4 Å². The lowest BCUT2D eigenvalue weighted by Crippen LogP contribution is -2.29. The minimum atomic E-state index is -1.34. The Bertz CT molecular complexity index is 1390. The predicted molar refractivity (Wildman–Crippen MR) is 160 cm³/mol. The van der Waals surface area contributed by atoms with Gasteiger partial charge in [-0.15, -0.1) is 0 Å². The maximum Gasteiger partial charge on any atom is 0.488 e. The molecule has 5 aromatic rings. The van der Waals surface area contributed by atoms with Crippen LogP contribution in [0, 0.1) is 13.8 Å². The van der Waals surface area contributed by atoms with E-state index in [-0.39, 0.29) is 0 Å². The summed E-state index contributed by atoms with van der Waals surface area (Å²) in [7, 11) is -1.34. The Hall–Kier alpha value is -3.10. The number of hydrogen-bond acceptors (Lipinski definition) is 4. The first kappa shape index (κ1) is 28.5. The van der Waals surface area contributed by atoms with E-state index in [4.69, 9.17) is 15.0 Å². The Labute approximate surface area is 235 Å². The smallest absolute Gasteiger partial charge is 0.423 e. The number of aryl methyl sites for hydroxylation is 2. The SMILES string of the molecule is Cc1nc(-c2ccccc2)ccc1-c1ccccc1.Cc1nc(Br)ccc1Br.OB(O)c1ccccc1. The maximum absolute atomic E-state index is 8.58. The summed E-state index contributed by atoms with van der Waals surface area (Å²) in [6.07, 6.45) is 0. The van der Waals surface area contributed by atoms with Gasteiger partial charge in [0.05, 0.1) is 11.4 Å². The summed E-state index contributed by atoms with van der Waals surface area (Å²) in [4.78, 5) is 8.86. The Morgan fingerprint density at radius 2 is 1.11 bits per heavy atom. The first-order valence-corrected chi connectivity index (χ1v) is 13.2. The van der Waals surface area contributed by atoms with Crippen molar-refractivity contribution in [1.82, 2.24) is 9.97 Å². The number of rotatable bonds is 3. The zero-order valence-electron chi connectivity index (χ0n) is 20.6. The zero-order chi connectivity index (χ0) is 26.6. The number of aromatic nitrogens is 2. The van der Waals surface area contributed by atoms with Gasteiger partial charge in [-0.3, -0.25) is 4.98 Å². The molecule has 0 aliphatic heterocycles. The number of halogens is 2. The van der Waals surface area contributed by atoms with E-state index < -0.39 is 7.12 Å². The van der Waals surface area contributed by atoms with Crippen molar-refractivity contribution in [2.24, 2.45) is 0 Å². The molecule has 3 aromatic carbocycles. The van der Waals surface area contributed by atoms with Crippen LogP contribution >= 0.6 is 31.9 Å². The second-order valence-electron chi connectivity index (χ2n) is 8.05. The van der Waals surface area contributed by atoms with E-state index in [0.717, 1.165) is 31.7 Å². The molecule has 2 heterocycles. The van der Waals surface area contributed by atoms with Crippen LogP contribution < -0.4 is 5.46 Å². The van der Waals surface area contributed by atoms with Crippen molar-refractivity contribution in [3.8, 4) is 22.4 Å². The molecule has 0 bridgehead atoms. The molecule has 186 valence electrons. The molecule has 0 aliphatic carbocycles. The molecule has 0 saturated carbocycles. The summed E-state index contributed by atoms with van der Waals surface area (Å²) < 4.78 is 1.92. The molecule has 2 aromatic heterocycles. The van der Waals surface area contributed by atoms with Gasteiger partial charge >= 0.3 is 7.12 Å². The summed E-state index contributed by atoms with van der Waals surface area (Å²) in [6.45, 7) is 4.02. The molecule has 5 rings (SSSR count). The van der Waals surface area contributed by atoms with Crippen LogP contribution in [0.1, 0.15) is 11.4 Å². The van der Waals surface area contributed by atoms with Crippen LogP contribution in [-0.4, -0.2) is 27.1 Å². The van der Waals surface area contributed by atoms with Crippen molar-refractivity contribution in [3.05, 3.63) is 136 Å². The standard InChI is InChI=1S/C18H15N.C6H7BO2.C6H5Br2N/c1-14-17(15-8-4-2-5-9-15)12-13-18(19-14)16-10-6-3-7-11-16;8-7(9)6-4-2-1-3-5-6;1-4-5(7)2-3-6(8)9-4/h2-13H,1H3;1-5,8-9H;2-3H,1H3. The number of pyridine rings is 2. The third kappa shape index (κ3) is 9.06. The molecular formula is C30H27BBr2N2O2. The van der Waals surface area contributed by atoms with Gasteiger partial charge in [0.15, 0.2) is 0 Å². The normalized spacial score (nSPS) is 9.89. The van der Waals surface area contributed by atoms with Gasteiger partial charge in [-0.2, -0.15) is 0 Å². The summed E-state index contributed by atoms with van der Waals surface area (Å²) in [5, 5.41) is 17.2. The number of benzene rings is 3. The van der Waals surface area contributed by atoms with Crippen molar-refractivity contribution < 1.29 is 10.0 Å². The minimum Gasteiger partial charge on any atom is -0.423 e. The first-order valence-electron chi connectivity index (χ1n) is 11.6. The van der Waals surface area contributed by atoms with Gasteiger partial charge in [0.2, 0.25) is 0 Å². The van der Waals surface area contributed by atoms with Crippen LogP contribution in [0.15, 0.2) is 124 Å². The second kappa shape index (κ2) is 14.6. The highest BCUT2D eigenvalue weighted by Crippen LogP contribution is 2.25. The maximum atomic E-state index is 8.58. The summed E-state index contributed by atoms with van der Waals surface area (Å²) in [5.41, 5.74) is 7.19. The molecule has 0 aliphatic rings. The van der Waals surface area contributed by atoms with E-state index in [1.165, 1.54) is 11.1 Å². The molecular weight excluding hydrogens is 591 g/mol. The van der Waals surface area contributed by atoms with Crippen LogP contribution in [0.4, 0.5) is 0 Å².